The summed E-state index contributed by atoms with van der Waals surface area (Å²) >= 11 is 0. The van der Waals surface area contributed by atoms with E-state index in [0.29, 0.717) is 5.92 Å². The van der Waals surface area contributed by atoms with Crippen molar-refractivity contribution in [3.8, 4) is 5.75 Å². The molecule has 1 N–H and O–H groups in total. The highest BCUT2D eigenvalue weighted by Gasteiger charge is 2.09. The van der Waals surface area contributed by atoms with Crippen LogP contribution in [0, 0.1) is 5.92 Å². The molecule has 2 heteroatoms. The highest BCUT2D eigenvalue weighted by Crippen LogP contribution is 2.22. The lowest BCUT2D eigenvalue weighted by Crippen LogP contribution is -2.14. The van der Waals surface area contributed by atoms with E-state index in [1.807, 2.05) is 12.1 Å². The minimum absolute atomic E-state index is 0.656. The van der Waals surface area contributed by atoms with Crippen LogP contribution in [0.2, 0.25) is 0 Å². The standard InChI is InChI=1S/C26H35NO/c1-21(2)13-14-24(20-27-25-15-17-26(28-4)18-16-25)12-8-9-22(3)19-23-10-6-5-7-11-23/h5-7,10-11,15-19,24,27H,1,8-9,12-14,20H2,2-4H3/b22-19-. The first kappa shape index (κ1) is 21.8. The second-order valence-electron chi connectivity index (χ2n) is 7.76. The molecule has 2 nitrogen and oxygen atoms in total. The zero-order valence-electron chi connectivity index (χ0n) is 17.7. The smallest absolute Gasteiger partial charge is 0.119 e. The average molecular weight is 378 g/mol. The number of anilines is 1. The number of hydrogen-bond acceptors (Lipinski definition) is 2. The summed E-state index contributed by atoms with van der Waals surface area (Å²) in [6.07, 6.45) is 8.21. The summed E-state index contributed by atoms with van der Waals surface area (Å²) in [6, 6.07) is 18.8. The molecule has 2 aromatic carbocycles. The molecule has 0 aromatic heterocycles. The Morgan fingerprint density at radius 1 is 1.00 bits per heavy atom. The lowest BCUT2D eigenvalue weighted by atomic mass is 9.93. The van der Waals surface area contributed by atoms with Crippen molar-refractivity contribution in [3.05, 3.63) is 77.9 Å². The third-order valence-electron chi connectivity index (χ3n) is 5.06. The van der Waals surface area contributed by atoms with Crippen LogP contribution in [0.3, 0.4) is 0 Å². The van der Waals surface area contributed by atoms with E-state index in [1.54, 1.807) is 7.11 Å². The fourth-order valence-electron chi connectivity index (χ4n) is 3.35. The Morgan fingerprint density at radius 2 is 1.71 bits per heavy atom. The Kier molecular flexibility index (Phi) is 9.41. The van der Waals surface area contributed by atoms with Crippen LogP contribution in [0.15, 0.2) is 72.3 Å². The van der Waals surface area contributed by atoms with E-state index in [9.17, 15) is 0 Å². The number of hydrogen-bond donors (Lipinski definition) is 1. The van der Waals surface area contributed by atoms with Crippen LogP contribution in [0.1, 0.15) is 51.5 Å². The summed E-state index contributed by atoms with van der Waals surface area (Å²) in [5.74, 6) is 1.55. The Hall–Kier alpha value is -2.48. The van der Waals surface area contributed by atoms with Gasteiger partial charge in [0.15, 0.2) is 0 Å². The quantitative estimate of drug-likeness (QED) is 0.390. The highest BCUT2D eigenvalue weighted by molar-refractivity contribution is 5.51. The molecule has 28 heavy (non-hydrogen) atoms. The minimum atomic E-state index is 0.656. The van der Waals surface area contributed by atoms with Gasteiger partial charge in [0.2, 0.25) is 0 Å². The number of ether oxygens (including phenoxy) is 1. The van der Waals surface area contributed by atoms with Crippen molar-refractivity contribution < 1.29 is 4.74 Å². The van der Waals surface area contributed by atoms with Gasteiger partial charge in [-0.3, -0.25) is 0 Å². The molecule has 0 bridgehead atoms. The summed E-state index contributed by atoms with van der Waals surface area (Å²) in [6.45, 7) is 9.44. The van der Waals surface area contributed by atoms with Crippen molar-refractivity contribution in [2.24, 2.45) is 5.92 Å². The lowest BCUT2D eigenvalue weighted by molar-refractivity contribution is 0.415. The molecular weight excluding hydrogens is 342 g/mol. The van der Waals surface area contributed by atoms with Crippen LogP contribution in [0.4, 0.5) is 5.69 Å². The lowest BCUT2D eigenvalue weighted by Gasteiger charge is -2.19. The SMILES string of the molecule is C=C(C)CCC(CCC/C(C)=C\c1ccccc1)CNc1ccc(OC)cc1. The topological polar surface area (TPSA) is 21.3 Å². The van der Waals surface area contributed by atoms with E-state index >= 15 is 0 Å². The molecule has 0 aliphatic heterocycles. The first-order chi connectivity index (χ1) is 13.6. The molecule has 0 heterocycles. The van der Waals surface area contributed by atoms with Gasteiger partial charge in [-0.2, -0.15) is 0 Å². The van der Waals surface area contributed by atoms with Crippen molar-refractivity contribution in [2.75, 3.05) is 19.0 Å². The Bertz CT molecular complexity index is 731. The van der Waals surface area contributed by atoms with Gasteiger partial charge in [-0.25, -0.2) is 0 Å². The Balaban J connectivity index is 1.83. The number of rotatable bonds is 12. The minimum Gasteiger partial charge on any atom is -0.497 e. The van der Waals surface area contributed by atoms with E-state index in [-0.39, 0.29) is 0 Å². The molecule has 0 aliphatic rings. The first-order valence-electron chi connectivity index (χ1n) is 10.3. The van der Waals surface area contributed by atoms with Crippen molar-refractivity contribution in [3.63, 3.8) is 0 Å². The van der Waals surface area contributed by atoms with Crippen molar-refractivity contribution >= 4 is 11.8 Å². The molecule has 0 saturated heterocycles. The molecule has 0 spiro atoms. The van der Waals surface area contributed by atoms with Gasteiger partial charge >= 0.3 is 0 Å². The summed E-state index contributed by atoms with van der Waals surface area (Å²) < 4.78 is 5.23. The largest absolute Gasteiger partial charge is 0.497 e. The van der Waals surface area contributed by atoms with Gasteiger partial charge in [-0.05, 0) is 81.7 Å². The summed E-state index contributed by atoms with van der Waals surface area (Å²) in [5, 5.41) is 3.60. The summed E-state index contributed by atoms with van der Waals surface area (Å²) in [5.41, 5.74) is 5.17. The second-order valence-corrected chi connectivity index (χ2v) is 7.76. The fourth-order valence-corrected chi connectivity index (χ4v) is 3.35. The molecule has 0 amide bonds. The van der Waals surface area contributed by atoms with Gasteiger partial charge in [-0.1, -0.05) is 47.6 Å². The molecule has 1 atom stereocenters. The molecule has 1 unspecified atom stereocenters. The molecule has 0 fully saturated rings. The third-order valence-corrected chi connectivity index (χ3v) is 5.06. The molecule has 0 aliphatic carbocycles. The van der Waals surface area contributed by atoms with Crippen LogP contribution in [-0.2, 0) is 0 Å². The molecule has 2 rings (SSSR count). The average Bonchev–Trinajstić information content (AvgIpc) is 2.70. The van der Waals surface area contributed by atoms with Crippen molar-refractivity contribution in [1.29, 1.82) is 0 Å². The number of nitrogens with one attached hydrogen (secondary N) is 1. The van der Waals surface area contributed by atoms with Gasteiger partial charge < -0.3 is 10.1 Å². The van der Waals surface area contributed by atoms with Gasteiger partial charge in [0.05, 0.1) is 7.11 Å². The van der Waals surface area contributed by atoms with E-state index in [1.165, 1.54) is 36.0 Å². The molecule has 2 aromatic rings. The maximum Gasteiger partial charge on any atom is 0.119 e. The summed E-state index contributed by atoms with van der Waals surface area (Å²) in [7, 11) is 1.70. The van der Waals surface area contributed by atoms with E-state index < -0.39 is 0 Å². The van der Waals surface area contributed by atoms with Gasteiger partial charge in [0.25, 0.3) is 0 Å². The van der Waals surface area contributed by atoms with Gasteiger partial charge in [0, 0.05) is 12.2 Å². The third kappa shape index (κ3) is 8.47. The Labute approximate surface area is 171 Å². The number of allylic oxidation sites excluding steroid dienone is 2. The maximum absolute atomic E-state index is 5.23. The van der Waals surface area contributed by atoms with Crippen molar-refractivity contribution in [1.82, 2.24) is 0 Å². The predicted octanol–water partition coefficient (Wildman–Crippen LogP) is 7.35. The number of methoxy groups -OCH3 is 1. The van der Waals surface area contributed by atoms with Crippen LogP contribution >= 0.6 is 0 Å². The molecule has 0 saturated carbocycles. The first-order valence-corrected chi connectivity index (χ1v) is 10.3. The van der Waals surface area contributed by atoms with Crippen LogP contribution in [0.25, 0.3) is 6.08 Å². The normalized spacial score (nSPS) is 12.5. The Morgan fingerprint density at radius 3 is 2.36 bits per heavy atom. The maximum atomic E-state index is 5.23. The molecule has 0 radical (unpaired) electrons. The fraction of sp³-hybridized carbons (Fsp3) is 0.385. The van der Waals surface area contributed by atoms with Crippen LogP contribution in [0.5, 0.6) is 5.75 Å². The van der Waals surface area contributed by atoms with Gasteiger partial charge in [-0.15, -0.1) is 6.58 Å². The van der Waals surface area contributed by atoms with E-state index in [0.717, 1.165) is 30.8 Å². The zero-order valence-corrected chi connectivity index (χ0v) is 17.7. The monoisotopic (exact) mass is 377 g/mol. The van der Waals surface area contributed by atoms with Gasteiger partial charge in [0.1, 0.15) is 5.75 Å². The van der Waals surface area contributed by atoms with Crippen molar-refractivity contribution in [2.45, 2.75) is 46.0 Å². The number of benzene rings is 2. The zero-order chi connectivity index (χ0) is 20.2. The molecule has 150 valence electrons. The van der Waals surface area contributed by atoms with Crippen LogP contribution < -0.4 is 10.1 Å². The second kappa shape index (κ2) is 12.1. The van der Waals surface area contributed by atoms with E-state index in [4.69, 9.17) is 4.74 Å². The summed E-state index contributed by atoms with van der Waals surface area (Å²) in [4.78, 5) is 0. The molecular formula is C26H35NO. The van der Waals surface area contributed by atoms with E-state index in [2.05, 4.69) is 74.3 Å². The predicted molar refractivity (Wildman–Crippen MR) is 123 cm³/mol. The highest BCUT2D eigenvalue weighted by atomic mass is 16.5. The van der Waals surface area contributed by atoms with Crippen LogP contribution in [-0.4, -0.2) is 13.7 Å².